The molecule has 0 fully saturated rings. The molecular formula is C24H31N3O4. The lowest BCUT2D eigenvalue weighted by atomic mass is 10.0. The maximum absolute atomic E-state index is 9.58. The van der Waals surface area contributed by atoms with Gasteiger partial charge in [-0.1, -0.05) is 25.9 Å². The summed E-state index contributed by atoms with van der Waals surface area (Å²) in [6.07, 6.45) is 2.70. The first kappa shape index (κ1) is 22.9. The van der Waals surface area contributed by atoms with E-state index in [1.54, 1.807) is 0 Å². The van der Waals surface area contributed by atoms with Crippen molar-refractivity contribution in [2.24, 2.45) is 5.92 Å². The molecule has 2 N–H and O–H groups in total. The number of ether oxygens (including phenoxy) is 1. The van der Waals surface area contributed by atoms with Gasteiger partial charge in [0.1, 0.15) is 24.2 Å². The van der Waals surface area contributed by atoms with Crippen LogP contribution in [0.1, 0.15) is 43.0 Å². The second-order valence-electron chi connectivity index (χ2n) is 8.30. The van der Waals surface area contributed by atoms with Gasteiger partial charge in [-0.15, -0.1) is 0 Å². The van der Waals surface area contributed by atoms with E-state index >= 15 is 0 Å². The predicted molar refractivity (Wildman–Crippen MR) is 119 cm³/mol. The normalized spacial score (nSPS) is 12.4. The number of aromatic nitrogens is 3. The van der Waals surface area contributed by atoms with Crippen molar-refractivity contribution >= 4 is 0 Å². The molecule has 0 bridgehead atoms. The molecule has 0 saturated carbocycles. The van der Waals surface area contributed by atoms with E-state index in [0.29, 0.717) is 29.1 Å². The lowest BCUT2D eigenvalue weighted by molar-refractivity contribution is 0.0531. The Balaban J connectivity index is 1.87. The van der Waals surface area contributed by atoms with Gasteiger partial charge in [0.15, 0.2) is 0 Å². The fourth-order valence-corrected chi connectivity index (χ4v) is 3.48. The molecule has 7 heteroatoms. The second-order valence-corrected chi connectivity index (χ2v) is 8.30. The summed E-state index contributed by atoms with van der Waals surface area (Å²) in [6.45, 7) is 10.1. The summed E-state index contributed by atoms with van der Waals surface area (Å²) in [4.78, 5) is 9.09. The van der Waals surface area contributed by atoms with Crippen LogP contribution in [0.5, 0.6) is 5.75 Å². The Kier molecular flexibility index (Phi) is 7.41. The van der Waals surface area contributed by atoms with Gasteiger partial charge in [-0.25, -0.2) is 0 Å². The molecule has 0 spiro atoms. The van der Waals surface area contributed by atoms with E-state index < -0.39 is 6.10 Å². The van der Waals surface area contributed by atoms with Crippen molar-refractivity contribution in [1.82, 2.24) is 15.1 Å². The van der Waals surface area contributed by atoms with Crippen molar-refractivity contribution in [2.75, 3.05) is 13.2 Å². The molecule has 0 radical (unpaired) electrons. The molecule has 1 aromatic carbocycles. The first-order valence-electron chi connectivity index (χ1n) is 10.7. The van der Waals surface area contributed by atoms with Crippen LogP contribution < -0.4 is 4.74 Å². The topological polar surface area (TPSA) is 102 Å². The highest BCUT2D eigenvalue weighted by Crippen LogP contribution is 2.31. The molecular weight excluding hydrogens is 394 g/mol. The largest absolute Gasteiger partial charge is 0.490 e. The molecule has 3 aromatic rings. The summed E-state index contributed by atoms with van der Waals surface area (Å²) in [5, 5.41) is 22.7. The minimum Gasteiger partial charge on any atom is -0.490 e. The van der Waals surface area contributed by atoms with Gasteiger partial charge in [0.25, 0.3) is 5.89 Å². The van der Waals surface area contributed by atoms with Crippen LogP contribution in [0.4, 0.5) is 0 Å². The van der Waals surface area contributed by atoms with Gasteiger partial charge in [0.05, 0.1) is 6.61 Å². The van der Waals surface area contributed by atoms with Crippen molar-refractivity contribution in [2.45, 2.75) is 53.6 Å². The van der Waals surface area contributed by atoms with E-state index in [-0.39, 0.29) is 13.2 Å². The van der Waals surface area contributed by atoms with Gasteiger partial charge in [0.2, 0.25) is 5.82 Å². The van der Waals surface area contributed by atoms with Crippen LogP contribution in [-0.2, 0) is 12.8 Å². The Hall–Kier alpha value is -2.77. The monoisotopic (exact) mass is 425 g/mol. The fraction of sp³-hybridized carbons (Fsp3) is 0.458. The zero-order chi connectivity index (χ0) is 22.5. The Morgan fingerprint density at radius 3 is 2.52 bits per heavy atom. The number of aliphatic hydroxyl groups is 2. The lowest BCUT2D eigenvalue weighted by Gasteiger charge is -2.16. The van der Waals surface area contributed by atoms with E-state index in [0.717, 1.165) is 35.1 Å². The van der Waals surface area contributed by atoms with Crippen molar-refractivity contribution in [1.29, 1.82) is 0 Å². The highest BCUT2D eigenvalue weighted by Gasteiger charge is 2.17. The first-order valence-corrected chi connectivity index (χ1v) is 10.7. The van der Waals surface area contributed by atoms with Crippen LogP contribution in [0.2, 0.25) is 0 Å². The quantitative estimate of drug-likeness (QED) is 0.536. The van der Waals surface area contributed by atoms with Crippen LogP contribution in [0.25, 0.3) is 23.0 Å². The molecule has 31 heavy (non-hydrogen) atoms. The molecule has 0 saturated heterocycles. The number of hydrogen-bond acceptors (Lipinski definition) is 7. The molecule has 7 nitrogen and oxygen atoms in total. The molecule has 166 valence electrons. The predicted octanol–water partition coefficient (Wildman–Crippen LogP) is 3.91. The van der Waals surface area contributed by atoms with Crippen LogP contribution >= 0.6 is 0 Å². The van der Waals surface area contributed by atoms with Crippen molar-refractivity contribution in [3.05, 3.63) is 46.6 Å². The van der Waals surface area contributed by atoms with Gasteiger partial charge in [-0.2, -0.15) is 4.98 Å². The summed E-state index contributed by atoms with van der Waals surface area (Å²) in [5.41, 5.74) is 5.75. The van der Waals surface area contributed by atoms with Crippen LogP contribution in [0, 0.1) is 19.8 Å². The third kappa shape index (κ3) is 5.48. The van der Waals surface area contributed by atoms with Gasteiger partial charge in [-0.3, -0.25) is 4.98 Å². The van der Waals surface area contributed by atoms with Crippen molar-refractivity contribution < 1.29 is 19.5 Å². The minimum atomic E-state index is -0.911. The minimum absolute atomic E-state index is 0.0356. The number of aryl methyl sites for hydroxylation is 3. The molecule has 2 heterocycles. The van der Waals surface area contributed by atoms with Gasteiger partial charge in [0, 0.05) is 11.8 Å². The third-order valence-electron chi connectivity index (χ3n) is 5.11. The summed E-state index contributed by atoms with van der Waals surface area (Å²) in [6, 6.07) is 5.88. The second kappa shape index (κ2) is 10.0. The average Bonchev–Trinajstić information content (AvgIpc) is 3.23. The Morgan fingerprint density at radius 1 is 1.10 bits per heavy atom. The highest BCUT2D eigenvalue weighted by molar-refractivity contribution is 5.63. The van der Waals surface area contributed by atoms with E-state index in [9.17, 15) is 5.11 Å². The molecule has 0 aliphatic heterocycles. The molecule has 0 unspecified atom stereocenters. The van der Waals surface area contributed by atoms with Crippen molar-refractivity contribution in [3.8, 4) is 28.7 Å². The molecule has 0 aliphatic carbocycles. The summed E-state index contributed by atoms with van der Waals surface area (Å²) in [5.74, 6) is 2.15. The maximum atomic E-state index is 9.58. The zero-order valence-corrected chi connectivity index (χ0v) is 18.8. The van der Waals surface area contributed by atoms with Crippen molar-refractivity contribution in [3.63, 3.8) is 0 Å². The zero-order valence-electron chi connectivity index (χ0n) is 18.8. The number of aliphatic hydroxyl groups excluding tert-OH is 2. The Bertz CT molecular complexity index is 1030. The van der Waals surface area contributed by atoms with Crippen LogP contribution in [0.15, 0.2) is 28.9 Å². The standard InChI is InChI=1S/C24H31N3O4/c1-6-17-10-18(8-16(5)22(17)30-13-20(29)12-28)23-26-24(31-27-23)21-9-15(4)19(11-25-21)7-14(2)3/h8-11,14,20,28-29H,6-7,12-13H2,1-5H3/t20-/m1/s1. The van der Waals surface area contributed by atoms with E-state index in [4.69, 9.17) is 14.4 Å². The lowest BCUT2D eigenvalue weighted by Crippen LogP contribution is -2.22. The molecule has 2 aromatic heterocycles. The Labute approximate surface area is 183 Å². The molecule has 0 amide bonds. The number of benzene rings is 1. The summed E-state index contributed by atoms with van der Waals surface area (Å²) in [7, 11) is 0. The van der Waals surface area contributed by atoms with E-state index in [1.165, 1.54) is 5.56 Å². The van der Waals surface area contributed by atoms with Crippen LogP contribution in [-0.4, -0.2) is 44.7 Å². The SMILES string of the molecule is CCc1cc(-c2noc(-c3cc(C)c(CC(C)C)cn3)n2)cc(C)c1OC[C@H](O)CO. The summed E-state index contributed by atoms with van der Waals surface area (Å²) < 4.78 is 11.2. The average molecular weight is 426 g/mol. The number of pyridine rings is 1. The van der Waals surface area contributed by atoms with Crippen LogP contribution in [0.3, 0.4) is 0 Å². The molecule has 0 aliphatic rings. The first-order chi connectivity index (χ1) is 14.8. The smallest absolute Gasteiger partial charge is 0.276 e. The third-order valence-corrected chi connectivity index (χ3v) is 5.11. The van der Waals surface area contributed by atoms with Gasteiger partial charge in [-0.05, 0) is 73.1 Å². The Morgan fingerprint density at radius 2 is 1.87 bits per heavy atom. The van der Waals surface area contributed by atoms with Gasteiger partial charge >= 0.3 is 0 Å². The summed E-state index contributed by atoms with van der Waals surface area (Å²) >= 11 is 0. The molecule has 3 rings (SSSR count). The van der Waals surface area contributed by atoms with Gasteiger partial charge < -0.3 is 19.5 Å². The number of hydrogen-bond donors (Lipinski definition) is 2. The van der Waals surface area contributed by atoms with E-state index in [2.05, 4.69) is 35.9 Å². The maximum Gasteiger partial charge on any atom is 0.276 e. The molecule has 1 atom stereocenters. The van der Waals surface area contributed by atoms with E-state index in [1.807, 2.05) is 38.2 Å². The highest BCUT2D eigenvalue weighted by atomic mass is 16.5. The fourth-order valence-electron chi connectivity index (χ4n) is 3.48. The number of rotatable bonds is 9. The number of nitrogens with zero attached hydrogens (tertiary/aromatic N) is 3.